The fraction of sp³-hybridized carbons (Fsp3) is 0.588. The van der Waals surface area contributed by atoms with Crippen molar-refractivity contribution in [1.29, 1.82) is 0 Å². The van der Waals surface area contributed by atoms with Crippen molar-refractivity contribution in [2.75, 3.05) is 5.32 Å². The van der Waals surface area contributed by atoms with Crippen molar-refractivity contribution in [3.63, 3.8) is 0 Å². The van der Waals surface area contributed by atoms with Crippen molar-refractivity contribution < 1.29 is 4.79 Å². The minimum absolute atomic E-state index is 0.0148. The van der Waals surface area contributed by atoms with Crippen LogP contribution >= 0.6 is 0 Å². The molecule has 0 bridgehead atoms. The van der Waals surface area contributed by atoms with Gasteiger partial charge in [-0.25, -0.2) is 9.97 Å². The number of nitrogens with zero attached hydrogens (tertiary/aromatic N) is 3. The molecule has 118 valence electrons. The molecule has 1 amide bonds. The standard InChI is InChI=1S/C17H24N4O/c1-11-8-9-18-15-14(11)20-16(21(15)12-6-5-7-12)19-13(22)10-17(2,3)4/h8-9,12H,5-7,10H2,1-4H3,(H,19,20,22). The lowest BCUT2D eigenvalue weighted by Gasteiger charge is -2.28. The lowest BCUT2D eigenvalue weighted by molar-refractivity contribution is -0.117. The van der Waals surface area contributed by atoms with Gasteiger partial charge in [-0.1, -0.05) is 20.8 Å². The highest BCUT2D eigenvalue weighted by Crippen LogP contribution is 2.37. The van der Waals surface area contributed by atoms with Crippen LogP contribution in [0.4, 0.5) is 5.95 Å². The predicted octanol–water partition coefficient (Wildman–Crippen LogP) is 3.84. The number of hydrogen-bond donors (Lipinski definition) is 1. The van der Waals surface area contributed by atoms with Gasteiger partial charge < -0.3 is 0 Å². The maximum absolute atomic E-state index is 12.3. The normalized spacial score (nSPS) is 15.8. The summed E-state index contributed by atoms with van der Waals surface area (Å²) in [7, 11) is 0. The molecule has 0 spiro atoms. The van der Waals surface area contributed by atoms with E-state index in [0.29, 0.717) is 18.4 Å². The monoisotopic (exact) mass is 300 g/mol. The molecule has 0 aromatic carbocycles. The first-order valence-corrected chi connectivity index (χ1v) is 7.98. The summed E-state index contributed by atoms with van der Waals surface area (Å²) in [5.74, 6) is 0.664. The molecule has 0 saturated heterocycles. The Morgan fingerprint density at radius 1 is 1.41 bits per heavy atom. The summed E-state index contributed by atoms with van der Waals surface area (Å²) in [5.41, 5.74) is 2.83. The topological polar surface area (TPSA) is 59.8 Å². The van der Waals surface area contributed by atoms with E-state index in [-0.39, 0.29) is 11.3 Å². The van der Waals surface area contributed by atoms with E-state index in [0.717, 1.165) is 29.6 Å². The number of aromatic nitrogens is 3. The summed E-state index contributed by atoms with van der Waals surface area (Å²) in [5, 5.41) is 3.01. The number of pyridine rings is 1. The molecule has 5 heteroatoms. The second kappa shape index (κ2) is 5.38. The highest BCUT2D eigenvalue weighted by Gasteiger charge is 2.27. The predicted molar refractivity (Wildman–Crippen MR) is 87.9 cm³/mol. The number of anilines is 1. The van der Waals surface area contributed by atoms with Gasteiger partial charge in [0, 0.05) is 18.7 Å². The largest absolute Gasteiger partial charge is 0.296 e. The number of carbonyl (C=O) groups excluding carboxylic acids is 1. The van der Waals surface area contributed by atoms with Gasteiger partial charge in [-0.05, 0) is 43.2 Å². The molecular weight excluding hydrogens is 276 g/mol. The molecule has 0 unspecified atom stereocenters. The third-order valence-corrected chi connectivity index (χ3v) is 4.16. The molecule has 1 saturated carbocycles. The van der Waals surface area contributed by atoms with Gasteiger partial charge in [0.2, 0.25) is 11.9 Å². The van der Waals surface area contributed by atoms with Crippen LogP contribution in [0.5, 0.6) is 0 Å². The number of amides is 1. The summed E-state index contributed by atoms with van der Waals surface area (Å²) in [6.07, 6.45) is 5.78. The Labute approximate surface area is 131 Å². The molecule has 0 radical (unpaired) electrons. The quantitative estimate of drug-likeness (QED) is 0.937. The number of hydrogen-bond acceptors (Lipinski definition) is 3. The van der Waals surface area contributed by atoms with Gasteiger partial charge in [0.25, 0.3) is 0 Å². The Kier molecular flexibility index (Phi) is 3.67. The highest BCUT2D eigenvalue weighted by atomic mass is 16.1. The van der Waals surface area contributed by atoms with Crippen LogP contribution < -0.4 is 5.32 Å². The molecule has 5 nitrogen and oxygen atoms in total. The molecule has 2 heterocycles. The van der Waals surface area contributed by atoms with Crippen molar-refractivity contribution in [2.24, 2.45) is 5.41 Å². The van der Waals surface area contributed by atoms with Gasteiger partial charge in [0.1, 0.15) is 5.52 Å². The van der Waals surface area contributed by atoms with Crippen LogP contribution in [0, 0.1) is 12.3 Å². The molecule has 0 atom stereocenters. The van der Waals surface area contributed by atoms with Crippen molar-refractivity contribution in [3.8, 4) is 0 Å². The van der Waals surface area contributed by atoms with Crippen LogP contribution in [0.25, 0.3) is 11.2 Å². The lowest BCUT2D eigenvalue weighted by atomic mass is 9.92. The zero-order chi connectivity index (χ0) is 15.9. The molecule has 22 heavy (non-hydrogen) atoms. The number of rotatable bonds is 3. The number of nitrogens with one attached hydrogen (secondary N) is 1. The zero-order valence-corrected chi connectivity index (χ0v) is 13.8. The summed E-state index contributed by atoms with van der Waals surface area (Å²) in [4.78, 5) is 21.4. The van der Waals surface area contributed by atoms with E-state index < -0.39 is 0 Å². The van der Waals surface area contributed by atoms with Crippen LogP contribution in [-0.2, 0) is 4.79 Å². The van der Waals surface area contributed by atoms with E-state index in [4.69, 9.17) is 0 Å². The zero-order valence-electron chi connectivity index (χ0n) is 13.8. The molecule has 3 rings (SSSR count). The minimum atomic E-state index is -0.0361. The van der Waals surface area contributed by atoms with Crippen molar-refractivity contribution >= 4 is 23.0 Å². The first kappa shape index (κ1) is 15.0. The Morgan fingerprint density at radius 2 is 2.14 bits per heavy atom. The van der Waals surface area contributed by atoms with Gasteiger partial charge in [0.05, 0.1) is 0 Å². The van der Waals surface area contributed by atoms with E-state index in [1.54, 1.807) is 0 Å². The molecular formula is C17H24N4O. The van der Waals surface area contributed by atoms with Crippen LogP contribution in [0.15, 0.2) is 12.3 Å². The number of carbonyl (C=O) groups is 1. The van der Waals surface area contributed by atoms with E-state index in [1.807, 2.05) is 19.2 Å². The first-order chi connectivity index (χ1) is 10.3. The number of fused-ring (bicyclic) bond motifs is 1. The molecule has 2 aromatic rings. The molecule has 1 aliphatic rings. The molecule has 1 aliphatic carbocycles. The summed E-state index contributed by atoms with van der Waals surface area (Å²) in [6.45, 7) is 8.22. The van der Waals surface area contributed by atoms with Gasteiger partial charge in [0.15, 0.2) is 5.65 Å². The van der Waals surface area contributed by atoms with Gasteiger partial charge in [-0.3, -0.25) is 14.7 Å². The molecule has 2 aromatic heterocycles. The smallest absolute Gasteiger partial charge is 0.227 e. The SMILES string of the molecule is Cc1ccnc2c1nc(NC(=O)CC(C)(C)C)n2C1CCC1. The minimum Gasteiger partial charge on any atom is -0.296 e. The van der Waals surface area contributed by atoms with Gasteiger partial charge in [-0.15, -0.1) is 0 Å². The van der Waals surface area contributed by atoms with E-state index >= 15 is 0 Å². The number of aryl methyl sites for hydroxylation is 1. The maximum atomic E-state index is 12.3. The average Bonchev–Trinajstić information content (AvgIpc) is 2.65. The molecule has 1 N–H and O–H groups in total. The second-order valence-corrected chi connectivity index (χ2v) is 7.48. The van der Waals surface area contributed by atoms with Crippen molar-refractivity contribution in [2.45, 2.75) is 59.4 Å². The fourth-order valence-electron chi connectivity index (χ4n) is 2.84. The van der Waals surface area contributed by atoms with Crippen LogP contribution in [0.2, 0.25) is 0 Å². The maximum Gasteiger partial charge on any atom is 0.227 e. The highest BCUT2D eigenvalue weighted by molar-refractivity contribution is 5.91. The van der Waals surface area contributed by atoms with Gasteiger partial charge in [-0.2, -0.15) is 0 Å². The summed E-state index contributed by atoms with van der Waals surface area (Å²) in [6, 6.07) is 2.37. The van der Waals surface area contributed by atoms with E-state index in [9.17, 15) is 4.79 Å². The summed E-state index contributed by atoms with van der Waals surface area (Å²) < 4.78 is 2.12. The Bertz CT molecular complexity index is 707. The fourth-order valence-corrected chi connectivity index (χ4v) is 2.84. The van der Waals surface area contributed by atoms with Crippen molar-refractivity contribution in [3.05, 3.63) is 17.8 Å². The first-order valence-electron chi connectivity index (χ1n) is 7.98. The Hall–Kier alpha value is -1.91. The van der Waals surface area contributed by atoms with E-state index in [1.165, 1.54) is 6.42 Å². The number of imidazole rings is 1. The van der Waals surface area contributed by atoms with Gasteiger partial charge >= 0.3 is 0 Å². The second-order valence-electron chi connectivity index (χ2n) is 7.48. The van der Waals surface area contributed by atoms with E-state index in [2.05, 4.69) is 40.6 Å². The Morgan fingerprint density at radius 3 is 2.73 bits per heavy atom. The molecule has 0 aliphatic heterocycles. The Balaban J connectivity index is 1.97. The van der Waals surface area contributed by atoms with Crippen molar-refractivity contribution in [1.82, 2.24) is 14.5 Å². The summed E-state index contributed by atoms with van der Waals surface area (Å²) >= 11 is 0. The lowest BCUT2D eigenvalue weighted by Crippen LogP contribution is -2.24. The third kappa shape index (κ3) is 2.85. The van der Waals surface area contributed by atoms with Crippen LogP contribution in [0.1, 0.15) is 58.1 Å². The molecule has 1 fully saturated rings. The average molecular weight is 300 g/mol. The van der Waals surface area contributed by atoms with Crippen LogP contribution in [0.3, 0.4) is 0 Å². The van der Waals surface area contributed by atoms with Crippen LogP contribution in [-0.4, -0.2) is 20.4 Å². The third-order valence-electron chi connectivity index (χ3n) is 4.16.